The largest absolute Gasteiger partial charge is 0.381 e. The molecule has 2 fully saturated rings. The minimum Gasteiger partial charge on any atom is -0.381 e. The van der Waals surface area contributed by atoms with E-state index < -0.39 is 0 Å². The van der Waals surface area contributed by atoms with E-state index in [0.717, 1.165) is 31.6 Å². The van der Waals surface area contributed by atoms with Gasteiger partial charge in [-0.3, -0.25) is 0 Å². The van der Waals surface area contributed by atoms with Crippen LogP contribution in [0.15, 0.2) is 0 Å². The van der Waals surface area contributed by atoms with Gasteiger partial charge in [0.05, 0.1) is 6.61 Å². The predicted molar refractivity (Wildman–Crippen MR) is 62.8 cm³/mol. The molecule has 0 bridgehead atoms. The summed E-state index contributed by atoms with van der Waals surface area (Å²) in [7, 11) is 0. The standard InChI is InChI=1S/C13H25NO/c1-12(2)11(13(12,3)4)8-14-7-10-5-6-15-9-10/h10-11,14H,5-9H2,1-4H3. The van der Waals surface area contributed by atoms with Gasteiger partial charge in [-0.15, -0.1) is 0 Å². The van der Waals surface area contributed by atoms with Gasteiger partial charge in [0.15, 0.2) is 0 Å². The van der Waals surface area contributed by atoms with E-state index in [4.69, 9.17) is 4.74 Å². The van der Waals surface area contributed by atoms with E-state index in [1.807, 2.05) is 0 Å². The molecule has 0 aromatic heterocycles. The van der Waals surface area contributed by atoms with E-state index in [9.17, 15) is 0 Å². The van der Waals surface area contributed by atoms with Crippen LogP contribution in [0.4, 0.5) is 0 Å². The molecule has 88 valence electrons. The third-order valence-electron chi connectivity index (χ3n) is 5.13. The highest BCUT2D eigenvalue weighted by molar-refractivity contribution is 5.12. The van der Waals surface area contributed by atoms with Crippen LogP contribution in [0.1, 0.15) is 34.1 Å². The zero-order valence-electron chi connectivity index (χ0n) is 10.6. The average Bonchev–Trinajstić information content (AvgIpc) is 2.62. The molecule has 2 aliphatic rings. The maximum absolute atomic E-state index is 5.37. The third-order valence-corrected chi connectivity index (χ3v) is 5.13. The fraction of sp³-hybridized carbons (Fsp3) is 1.00. The summed E-state index contributed by atoms with van der Waals surface area (Å²) < 4.78 is 5.37. The van der Waals surface area contributed by atoms with E-state index in [2.05, 4.69) is 33.0 Å². The Morgan fingerprint density at radius 3 is 2.27 bits per heavy atom. The Labute approximate surface area is 93.8 Å². The summed E-state index contributed by atoms with van der Waals surface area (Å²) in [4.78, 5) is 0. The van der Waals surface area contributed by atoms with Crippen LogP contribution in [-0.2, 0) is 4.74 Å². The van der Waals surface area contributed by atoms with Gasteiger partial charge in [-0.25, -0.2) is 0 Å². The average molecular weight is 211 g/mol. The molecule has 1 aliphatic heterocycles. The van der Waals surface area contributed by atoms with Gasteiger partial charge in [-0.2, -0.15) is 0 Å². The lowest BCUT2D eigenvalue weighted by molar-refractivity contribution is 0.185. The van der Waals surface area contributed by atoms with E-state index in [1.54, 1.807) is 0 Å². The van der Waals surface area contributed by atoms with Crippen LogP contribution >= 0.6 is 0 Å². The van der Waals surface area contributed by atoms with Gasteiger partial charge in [0.2, 0.25) is 0 Å². The highest BCUT2D eigenvalue weighted by atomic mass is 16.5. The Morgan fingerprint density at radius 1 is 1.13 bits per heavy atom. The molecular weight excluding hydrogens is 186 g/mol. The van der Waals surface area contributed by atoms with Gasteiger partial charge in [-0.1, -0.05) is 27.7 Å². The molecule has 1 heterocycles. The lowest BCUT2D eigenvalue weighted by atomic mass is 10.0. The fourth-order valence-electron chi connectivity index (χ4n) is 3.02. The molecule has 1 atom stereocenters. The first-order chi connectivity index (χ1) is 6.96. The fourth-order valence-corrected chi connectivity index (χ4v) is 3.02. The molecule has 1 aliphatic carbocycles. The van der Waals surface area contributed by atoms with Crippen molar-refractivity contribution in [3.8, 4) is 0 Å². The van der Waals surface area contributed by atoms with Crippen molar-refractivity contribution in [2.24, 2.45) is 22.7 Å². The molecule has 1 saturated carbocycles. The normalized spacial score (nSPS) is 33.2. The number of rotatable bonds is 4. The summed E-state index contributed by atoms with van der Waals surface area (Å²) in [6.07, 6.45) is 1.24. The topological polar surface area (TPSA) is 21.3 Å². The van der Waals surface area contributed by atoms with Crippen molar-refractivity contribution in [3.63, 3.8) is 0 Å². The van der Waals surface area contributed by atoms with E-state index >= 15 is 0 Å². The van der Waals surface area contributed by atoms with Crippen LogP contribution in [0.2, 0.25) is 0 Å². The number of hydrogen-bond donors (Lipinski definition) is 1. The van der Waals surface area contributed by atoms with Gasteiger partial charge in [0.1, 0.15) is 0 Å². The SMILES string of the molecule is CC1(C)C(CNCC2CCOC2)C1(C)C. The Kier molecular flexibility index (Phi) is 2.85. The van der Waals surface area contributed by atoms with Crippen molar-refractivity contribution in [1.29, 1.82) is 0 Å². The summed E-state index contributed by atoms with van der Waals surface area (Å²) in [5.41, 5.74) is 1.04. The zero-order chi connectivity index (χ0) is 11.1. The zero-order valence-corrected chi connectivity index (χ0v) is 10.6. The summed E-state index contributed by atoms with van der Waals surface area (Å²) in [5.74, 6) is 1.60. The molecule has 15 heavy (non-hydrogen) atoms. The molecule has 1 saturated heterocycles. The molecule has 1 unspecified atom stereocenters. The van der Waals surface area contributed by atoms with E-state index in [-0.39, 0.29) is 0 Å². The maximum atomic E-state index is 5.37. The van der Waals surface area contributed by atoms with E-state index in [1.165, 1.54) is 13.0 Å². The van der Waals surface area contributed by atoms with Gasteiger partial charge >= 0.3 is 0 Å². The van der Waals surface area contributed by atoms with Crippen molar-refractivity contribution in [2.75, 3.05) is 26.3 Å². The second-order valence-electron chi connectivity index (χ2n) is 6.38. The smallest absolute Gasteiger partial charge is 0.0507 e. The summed E-state index contributed by atoms with van der Waals surface area (Å²) in [6, 6.07) is 0. The Bertz CT molecular complexity index is 215. The van der Waals surface area contributed by atoms with Crippen LogP contribution in [-0.4, -0.2) is 26.3 Å². The second-order valence-corrected chi connectivity index (χ2v) is 6.38. The molecule has 0 aromatic carbocycles. The monoisotopic (exact) mass is 211 g/mol. The van der Waals surface area contributed by atoms with Gasteiger partial charge < -0.3 is 10.1 Å². The van der Waals surface area contributed by atoms with Crippen LogP contribution in [0, 0.1) is 22.7 Å². The lowest BCUT2D eigenvalue weighted by Crippen LogP contribution is -2.26. The molecule has 0 spiro atoms. The van der Waals surface area contributed by atoms with Gasteiger partial charge in [0, 0.05) is 13.2 Å². The minimum atomic E-state index is 0.520. The van der Waals surface area contributed by atoms with E-state index in [0.29, 0.717) is 10.8 Å². The van der Waals surface area contributed by atoms with Crippen LogP contribution in [0.25, 0.3) is 0 Å². The summed E-state index contributed by atoms with van der Waals surface area (Å²) in [5, 5.41) is 3.62. The molecule has 2 heteroatoms. The first-order valence-corrected chi connectivity index (χ1v) is 6.24. The molecule has 0 amide bonds. The quantitative estimate of drug-likeness (QED) is 0.770. The van der Waals surface area contributed by atoms with Crippen LogP contribution in [0.3, 0.4) is 0 Å². The predicted octanol–water partition coefficient (Wildman–Crippen LogP) is 2.29. The Balaban J connectivity index is 1.67. The molecular formula is C13H25NO. The number of ether oxygens (including phenoxy) is 1. The Morgan fingerprint density at radius 2 is 1.80 bits per heavy atom. The molecule has 0 radical (unpaired) electrons. The van der Waals surface area contributed by atoms with Crippen LogP contribution < -0.4 is 5.32 Å². The second kappa shape index (κ2) is 3.74. The summed E-state index contributed by atoms with van der Waals surface area (Å²) in [6.45, 7) is 13.8. The first-order valence-electron chi connectivity index (χ1n) is 6.24. The molecule has 0 aromatic rings. The number of nitrogens with one attached hydrogen (secondary N) is 1. The van der Waals surface area contributed by atoms with Crippen LogP contribution in [0.5, 0.6) is 0 Å². The first kappa shape index (κ1) is 11.4. The Hall–Kier alpha value is -0.0800. The highest BCUT2D eigenvalue weighted by Gasteiger charge is 2.63. The highest BCUT2D eigenvalue weighted by Crippen LogP contribution is 2.67. The molecule has 2 nitrogen and oxygen atoms in total. The van der Waals surface area contributed by atoms with Crippen molar-refractivity contribution < 1.29 is 4.74 Å². The lowest BCUT2D eigenvalue weighted by Gasteiger charge is -2.10. The molecule has 2 rings (SSSR count). The maximum Gasteiger partial charge on any atom is 0.0507 e. The van der Waals surface area contributed by atoms with Crippen molar-refractivity contribution >= 4 is 0 Å². The molecule has 1 N–H and O–H groups in total. The van der Waals surface area contributed by atoms with Gasteiger partial charge in [-0.05, 0) is 35.6 Å². The number of hydrogen-bond acceptors (Lipinski definition) is 2. The van der Waals surface area contributed by atoms with Crippen molar-refractivity contribution in [1.82, 2.24) is 5.32 Å². The van der Waals surface area contributed by atoms with Crippen molar-refractivity contribution in [3.05, 3.63) is 0 Å². The minimum absolute atomic E-state index is 0.520. The summed E-state index contributed by atoms with van der Waals surface area (Å²) >= 11 is 0. The third kappa shape index (κ3) is 1.94. The van der Waals surface area contributed by atoms with Gasteiger partial charge in [0.25, 0.3) is 0 Å². The van der Waals surface area contributed by atoms with Crippen molar-refractivity contribution in [2.45, 2.75) is 34.1 Å².